The van der Waals surface area contributed by atoms with E-state index >= 15 is 0 Å². The average Bonchev–Trinajstić information content (AvgIpc) is 2.97. The Morgan fingerprint density at radius 1 is 1.24 bits per heavy atom. The number of benzene rings is 2. The first-order chi connectivity index (χ1) is 12.0. The van der Waals surface area contributed by atoms with E-state index < -0.39 is 0 Å². The highest BCUT2D eigenvalue weighted by Crippen LogP contribution is 2.31. The molecule has 2 unspecified atom stereocenters. The van der Waals surface area contributed by atoms with Gasteiger partial charge in [-0.25, -0.2) is 0 Å². The van der Waals surface area contributed by atoms with Gasteiger partial charge in [0, 0.05) is 22.5 Å². The third-order valence-corrected chi connectivity index (χ3v) is 5.38. The molecule has 2 amide bonds. The molecule has 2 atom stereocenters. The van der Waals surface area contributed by atoms with Crippen molar-refractivity contribution in [3.63, 3.8) is 0 Å². The molecule has 4 nitrogen and oxygen atoms in total. The molecule has 1 heterocycles. The predicted molar refractivity (Wildman–Crippen MR) is 103 cm³/mol. The molecule has 0 radical (unpaired) electrons. The minimum atomic E-state index is -0.371. The molecule has 1 aliphatic heterocycles. The molecule has 1 aliphatic rings. The number of halogens is 2. The summed E-state index contributed by atoms with van der Waals surface area (Å²) in [4.78, 5) is 26.6. The largest absolute Gasteiger partial charge is 0.349 e. The molecule has 0 spiro atoms. The van der Waals surface area contributed by atoms with E-state index in [0.717, 1.165) is 15.7 Å². The van der Waals surface area contributed by atoms with Crippen molar-refractivity contribution in [2.45, 2.75) is 19.4 Å². The number of carbonyl (C=O) groups is 2. The van der Waals surface area contributed by atoms with Crippen LogP contribution in [0, 0.1) is 5.92 Å². The Morgan fingerprint density at radius 3 is 2.64 bits per heavy atom. The van der Waals surface area contributed by atoms with Gasteiger partial charge in [0.2, 0.25) is 11.8 Å². The quantitative estimate of drug-likeness (QED) is 0.798. The number of carbonyl (C=O) groups excluding carboxylic acids is 2. The zero-order valence-corrected chi connectivity index (χ0v) is 16.0. The summed E-state index contributed by atoms with van der Waals surface area (Å²) in [5.41, 5.74) is 1.66. The molecule has 25 heavy (non-hydrogen) atoms. The third-order valence-electron chi connectivity index (χ3n) is 4.37. The maximum atomic E-state index is 12.6. The van der Waals surface area contributed by atoms with Gasteiger partial charge in [-0.15, -0.1) is 0 Å². The van der Waals surface area contributed by atoms with E-state index in [1.165, 1.54) is 0 Å². The second kappa shape index (κ2) is 7.58. The van der Waals surface area contributed by atoms with Crippen LogP contribution in [0.2, 0.25) is 5.02 Å². The van der Waals surface area contributed by atoms with Gasteiger partial charge in [-0.2, -0.15) is 0 Å². The Hall–Kier alpha value is -1.85. The molecule has 0 bridgehead atoms. The summed E-state index contributed by atoms with van der Waals surface area (Å²) in [6, 6.07) is 14.7. The van der Waals surface area contributed by atoms with Crippen molar-refractivity contribution in [3.8, 4) is 0 Å². The lowest BCUT2D eigenvalue weighted by molar-refractivity contribution is -0.126. The minimum absolute atomic E-state index is 0.0440. The Balaban J connectivity index is 1.69. The number of hydrogen-bond donors (Lipinski definition) is 1. The fourth-order valence-corrected chi connectivity index (χ4v) is 3.82. The second-order valence-electron chi connectivity index (χ2n) is 6.11. The number of amides is 2. The first kappa shape index (κ1) is 18.0. The van der Waals surface area contributed by atoms with Crippen LogP contribution in [0.4, 0.5) is 5.69 Å². The summed E-state index contributed by atoms with van der Waals surface area (Å²) in [6.45, 7) is 2.27. The first-order valence-electron chi connectivity index (χ1n) is 8.07. The number of rotatable bonds is 4. The highest BCUT2D eigenvalue weighted by atomic mass is 79.9. The summed E-state index contributed by atoms with van der Waals surface area (Å²) < 4.78 is 0.842. The van der Waals surface area contributed by atoms with E-state index in [2.05, 4.69) is 21.2 Å². The molecule has 1 N–H and O–H groups in total. The molecule has 1 saturated heterocycles. The van der Waals surface area contributed by atoms with Crippen LogP contribution in [0.25, 0.3) is 0 Å². The van der Waals surface area contributed by atoms with Crippen LogP contribution >= 0.6 is 27.5 Å². The Bertz CT molecular complexity index is 812. The number of anilines is 1. The molecular weight excluding hydrogens is 404 g/mol. The van der Waals surface area contributed by atoms with Crippen molar-refractivity contribution in [1.29, 1.82) is 0 Å². The summed E-state index contributed by atoms with van der Waals surface area (Å²) in [6.07, 6.45) is 0.211. The SMILES string of the molecule is CC(NC(=O)C1CC(=O)N(c2ccccc2Br)C1)c1ccccc1Cl. The molecular formula is C19H18BrClN2O2. The molecule has 130 valence electrons. The van der Waals surface area contributed by atoms with Crippen molar-refractivity contribution in [2.75, 3.05) is 11.4 Å². The van der Waals surface area contributed by atoms with E-state index in [-0.39, 0.29) is 30.2 Å². The maximum absolute atomic E-state index is 12.6. The van der Waals surface area contributed by atoms with Gasteiger partial charge in [0.25, 0.3) is 0 Å². The summed E-state index contributed by atoms with van der Waals surface area (Å²) in [7, 11) is 0. The van der Waals surface area contributed by atoms with Crippen LogP contribution in [-0.2, 0) is 9.59 Å². The van der Waals surface area contributed by atoms with Gasteiger partial charge in [-0.05, 0) is 46.6 Å². The third kappa shape index (κ3) is 3.88. The summed E-state index contributed by atoms with van der Waals surface area (Å²) >= 11 is 9.65. The standard InChI is InChI=1S/C19H18BrClN2O2/c1-12(14-6-2-4-8-16(14)21)22-19(25)13-10-18(24)23(11-13)17-9-5-3-7-15(17)20/h2-9,12-13H,10-11H2,1H3,(H,22,25). The molecule has 2 aromatic carbocycles. The molecule has 3 rings (SSSR count). The van der Waals surface area contributed by atoms with Crippen LogP contribution in [0.3, 0.4) is 0 Å². The molecule has 6 heteroatoms. The predicted octanol–water partition coefficient (Wildman–Crippen LogP) is 4.33. The normalized spacial score (nSPS) is 18.3. The zero-order chi connectivity index (χ0) is 18.0. The highest BCUT2D eigenvalue weighted by Gasteiger charge is 2.36. The Morgan fingerprint density at radius 2 is 1.92 bits per heavy atom. The lowest BCUT2D eigenvalue weighted by Gasteiger charge is -2.20. The van der Waals surface area contributed by atoms with Crippen LogP contribution in [0.1, 0.15) is 24.9 Å². The van der Waals surface area contributed by atoms with Crippen molar-refractivity contribution in [1.82, 2.24) is 5.32 Å². The van der Waals surface area contributed by atoms with Gasteiger partial charge < -0.3 is 10.2 Å². The van der Waals surface area contributed by atoms with Gasteiger partial charge in [0.05, 0.1) is 17.6 Å². The van der Waals surface area contributed by atoms with Crippen molar-refractivity contribution in [2.24, 2.45) is 5.92 Å². The molecule has 0 saturated carbocycles. The number of hydrogen-bond acceptors (Lipinski definition) is 2. The summed E-state index contributed by atoms with van der Waals surface area (Å²) in [5, 5.41) is 3.59. The van der Waals surface area contributed by atoms with Crippen molar-refractivity contribution in [3.05, 3.63) is 63.6 Å². The lowest BCUT2D eigenvalue weighted by Crippen LogP contribution is -2.34. The monoisotopic (exact) mass is 420 g/mol. The first-order valence-corrected chi connectivity index (χ1v) is 9.24. The van der Waals surface area contributed by atoms with Gasteiger partial charge in [-0.3, -0.25) is 9.59 Å². The van der Waals surface area contributed by atoms with Crippen LogP contribution in [0.5, 0.6) is 0 Å². The molecule has 0 aliphatic carbocycles. The average molecular weight is 422 g/mol. The van der Waals surface area contributed by atoms with Crippen molar-refractivity contribution >= 4 is 45.0 Å². The Kier molecular flexibility index (Phi) is 5.45. The summed E-state index contributed by atoms with van der Waals surface area (Å²) in [5.74, 6) is -0.544. The van der Waals surface area contributed by atoms with E-state index in [4.69, 9.17) is 11.6 Å². The topological polar surface area (TPSA) is 49.4 Å². The second-order valence-corrected chi connectivity index (χ2v) is 7.37. The highest BCUT2D eigenvalue weighted by molar-refractivity contribution is 9.10. The van der Waals surface area contributed by atoms with Gasteiger partial charge in [0.1, 0.15) is 0 Å². The molecule has 2 aromatic rings. The van der Waals surface area contributed by atoms with Gasteiger partial charge in [0.15, 0.2) is 0 Å². The fraction of sp³-hybridized carbons (Fsp3) is 0.263. The van der Waals surface area contributed by atoms with E-state index in [1.54, 1.807) is 11.0 Å². The molecule has 1 fully saturated rings. The molecule has 0 aromatic heterocycles. The minimum Gasteiger partial charge on any atom is -0.349 e. The van der Waals surface area contributed by atoms with Crippen LogP contribution in [0.15, 0.2) is 53.0 Å². The van der Waals surface area contributed by atoms with E-state index in [9.17, 15) is 9.59 Å². The Labute approximate surface area is 160 Å². The smallest absolute Gasteiger partial charge is 0.227 e. The number of nitrogens with zero attached hydrogens (tertiary/aromatic N) is 1. The number of nitrogens with one attached hydrogen (secondary N) is 1. The zero-order valence-electron chi connectivity index (χ0n) is 13.7. The maximum Gasteiger partial charge on any atom is 0.227 e. The van der Waals surface area contributed by atoms with Gasteiger partial charge in [-0.1, -0.05) is 41.9 Å². The van der Waals surface area contributed by atoms with E-state index in [1.807, 2.05) is 49.4 Å². The van der Waals surface area contributed by atoms with Crippen LogP contribution in [-0.4, -0.2) is 18.4 Å². The van der Waals surface area contributed by atoms with Crippen LogP contribution < -0.4 is 10.2 Å². The fourth-order valence-electron chi connectivity index (χ4n) is 3.02. The lowest BCUT2D eigenvalue weighted by atomic mass is 10.0. The number of para-hydroxylation sites is 1. The van der Waals surface area contributed by atoms with E-state index in [0.29, 0.717) is 11.6 Å². The van der Waals surface area contributed by atoms with Gasteiger partial charge >= 0.3 is 0 Å². The van der Waals surface area contributed by atoms with Crippen molar-refractivity contribution < 1.29 is 9.59 Å².